The van der Waals surface area contributed by atoms with Gasteiger partial charge in [-0.2, -0.15) is 0 Å². The van der Waals surface area contributed by atoms with Gasteiger partial charge < -0.3 is 5.32 Å². The molecule has 16 heavy (non-hydrogen) atoms. The van der Waals surface area contributed by atoms with E-state index in [1.54, 1.807) is 12.4 Å². The Bertz CT molecular complexity index is 505. The average Bonchev–Trinajstić information content (AvgIpc) is 2.28. The lowest BCUT2D eigenvalue weighted by molar-refractivity contribution is 1.00. The van der Waals surface area contributed by atoms with Gasteiger partial charge in [0, 0.05) is 24.6 Å². The van der Waals surface area contributed by atoms with Crippen molar-refractivity contribution in [2.45, 2.75) is 13.3 Å². The lowest BCUT2D eigenvalue weighted by Gasteiger charge is -2.06. The van der Waals surface area contributed by atoms with E-state index < -0.39 is 0 Å². The molecule has 0 atom stereocenters. The Labute approximate surface area is 95.2 Å². The Morgan fingerprint density at radius 1 is 1.25 bits per heavy atom. The topological polar surface area (TPSA) is 37.8 Å². The average molecular weight is 213 g/mol. The highest BCUT2D eigenvalue weighted by Crippen LogP contribution is 2.15. The van der Waals surface area contributed by atoms with Crippen LogP contribution >= 0.6 is 0 Å². The fourth-order valence-electron chi connectivity index (χ4n) is 1.49. The Kier molecular flexibility index (Phi) is 3.15. The van der Waals surface area contributed by atoms with Crippen LogP contribution in [-0.2, 0) is 0 Å². The summed E-state index contributed by atoms with van der Waals surface area (Å²) < 4.78 is 0. The smallest absolute Gasteiger partial charge is 0.0907 e. The van der Waals surface area contributed by atoms with Crippen molar-refractivity contribution in [2.75, 3.05) is 11.9 Å². The van der Waals surface area contributed by atoms with Gasteiger partial charge in [0.05, 0.1) is 11.0 Å². The zero-order valence-corrected chi connectivity index (χ0v) is 9.40. The molecule has 1 heterocycles. The first-order valence-electron chi connectivity index (χ1n) is 5.35. The van der Waals surface area contributed by atoms with Crippen molar-refractivity contribution >= 4 is 16.7 Å². The van der Waals surface area contributed by atoms with Crippen LogP contribution in [0.3, 0.4) is 0 Å². The van der Waals surface area contributed by atoms with E-state index in [2.05, 4.69) is 21.9 Å². The highest BCUT2D eigenvalue weighted by Gasteiger charge is 1.97. The van der Waals surface area contributed by atoms with Crippen LogP contribution in [0.15, 0.2) is 42.7 Å². The first-order valence-corrected chi connectivity index (χ1v) is 5.35. The molecule has 0 bridgehead atoms. The van der Waals surface area contributed by atoms with Crippen LogP contribution in [0.1, 0.15) is 13.3 Å². The van der Waals surface area contributed by atoms with Gasteiger partial charge in [-0.1, -0.05) is 5.57 Å². The molecule has 0 unspecified atom stereocenters. The number of benzene rings is 1. The Hall–Kier alpha value is -1.90. The van der Waals surface area contributed by atoms with Gasteiger partial charge in [-0.05, 0) is 31.5 Å². The molecule has 0 aliphatic carbocycles. The molecule has 2 rings (SSSR count). The summed E-state index contributed by atoms with van der Waals surface area (Å²) in [7, 11) is 0. The normalized spacial score (nSPS) is 10.3. The predicted octanol–water partition coefficient (Wildman–Crippen LogP) is 3.01. The van der Waals surface area contributed by atoms with Crippen molar-refractivity contribution in [3.05, 3.63) is 42.7 Å². The molecule has 2 aromatic rings. The summed E-state index contributed by atoms with van der Waals surface area (Å²) in [4.78, 5) is 8.49. The molecule has 3 heteroatoms. The summed E-state index contributed by atoms with van der Waals surface area (Å²) in [6, 6.07) is 6.02. The molecular formula is C13H15N3. The number of nitrogens with one attached hydrogen (secondary N) is 1. The number of fused-ring (bicyclic) bond motifs is 1. The zero-order chi connectivity index (χ0) is 11.4. The predicted molar refractivity (Wildman–Crippen MR) is 67.5 cm³/mol. The van der Waals surface area contributed by atoms with E-state index in [-0.39, 0.29) is 0 Å². The van der Waals surface area contributed by atoms with Gasteiger partial charge in [-0.15, -0.1) is 6.58 Å². The lowest BCUT2D eigenvalue weighted by atomic mass is 10.2. The number of aromatic nitrogens is 2. The van der Waals surface area contributed by atoms with Crippen molar-refractivity contribution in [3.8, 4) is 0 Å². The number of rotatable bonds is 4. The summed E-state index contributed by atoms with van der Waals surface area (Å²) in [5.41, 5.74) is 4.11. The number of nitrogens with zero attached hydrogens (tertiary/aromatic N) is 2. The fraction of sp³-hybridized carbons (Fsp3) is 0.231. The maximum Gasteiger partial charge on any atom is 0.0907 e. The molecule has 1 aromatic carbocycles. The second kappa shape index (κ2) is 4.75. The van der Waals surface area contributed by atoms with E-state index >= 15 is 0 Å². The molecule has 0 fully saturated rings. The van der Waals surface area contributed by atoms with Gasteiger partial charge in [0.15, 0.2) is 0 Å². The van der Waals surface area contributed by atoms with E-state index in [1.165, 1.54) is 5.57 Å². The van der Waals surface area contributed by atoms with Crippen molar-refractivity contribution < 1.29 is 0 Å². The summed E-state index contributed by atoms with van der Waals surface area (Å²) in [5.74, 6) is 0. The Morgan fingerprint density at radius 3 is 2.75 bits per heavy atom. The van der Waals surface area contributed by atoms with Crippen LogP contribution < -0.4 is 5.32 Å². The first kappa shape index (κ1) is 10.6. The van der Waals surface area contributed by atoms with Crippen LogP contribution in [0.25, 0.3) is 11.0 Å². The molecule has 0 aliphatic rings. The molecular weight excluding hydrogens is 198 g/mol. The van der Waals surface area contributed by atoms with Gasteiger partial charge in [-0.25, -0.2) is 0 Å². The van der Waals surface area contributed by atoms with E-state index in [1.807, 2.05) is 25.1 Å². The summed E-state index contributed by atoms with van der Waals surface area (Å²) in [6.07, 6.45) is 4.40. The lowest BCUT2D eigenvalue weighted by Crippen LogP contribution is -2.01. The highest BCUT2D eigenvalue weighted by atomic mass is 14.9. The number of anilines is 1. The van der Waals surface area contributed by atoms with E-state index in [4.69, 9.17) is 0 Å². The number of hydrogen-bond acceptors (Lipinski definition) is 3. The van der Waals surface area contributed by atoms with Gasteiger partial charge in [-0.3, -0.25) is 9.97 Å². The van der Waals surface area contributed by atoms with E-state index in [9.17, 15) is 0 Å². The third kappa shape index (κ3) is 2.57. The maximum absolute atomic E-state index is 4.26. The van der Waals surface area contributed by atoms with Crippen LogP contribution in [0.4, 0.5) is 5.69 Å². The fourth-order valence-corrected chi connectivity index (χ4v) is 1.49. The summed E-state index contributed by atoms with van der Waals surface area (Å²) in [6.45, 7) is 6.81. The molecule has 0 spiro atoms. The largest absolute Gasteiger partial charge is 0.385 e. The molecule has 0 saturated heterocycles. The van der Waals surface area contributed by atoms with Crippen molar-refractivity contribution in [1.82, 2.24) is 9.97 Å². The van der Waals surface area contributed by atoms with Gasteiger partial charge in [0.1, 0.15) is 0 Å². The first-order chi connectivity index (χ1) is 7.75. The van der Waals surface area contributed by atoms with Gasteiger partial charge in [0.2, 0.25) is 0 Å². The zero-order valence-electron chi connectivity index (χ0n) is 9.40. The minimum Gasteiger partial charge on any atom is -0.385 e. The monoisotopic (exact) mass is 213 g/mol. The minimum atomic E-state index is 0.904. The van der Waals surface area contributed by atoms with Crippen LogP contribution in [0.5, 0.6) is 0 Å². The summed E-state index contributed by atoms with van der Waals surface area (Å²) in [5, 5.41) is 3.34. The molecule has 1 N–H and O–H groups in total. The minimum absolute atomic E-state index is 0.904. The molecule has 82 valence electrons. The van der Waals surface area contributed by atoms with Gasteiger partial charge in [0.25, 0.3) is 0 Å². The molecule has 0 radical (unpaired) electrons. The van der Waals surface area contributed by atoms with Crippen molar-refractivity contribution in [1.29, 1.82) is 0 Å². The molecule has 0 saturated carbocycles. The molecule has 1 aromatic heterocycles. The molecule has 3 nitrogen and oxygen atoms in total. The standard InChI is InChI=1S/C13H15N3/c1-10(2)5-6-14-11-3-4-12-13(9-11)16-8-7-15-12/h3-4,7-9,14H,1,5-6H2,2H3. The molecule has 0 amide bonds. The van der Waals surface area contributed by atoms with Crippen molar-refractivity contribution in [2.24, 2.45) is 0 Å². The summed E-state index contributed by atoms with van der Waals surface area (Å²) >= 11 is 0. The Balaban J connectivity index is 2.10. The Morgan fingerprint density at radius 2 is 2.00 bits per heavy atom. The van der Waals surface area contributed by atoms with Gasteiger partial charge >= 0.3 is 0 Å². The van der Waals surface area contributed by atoms with Crippen LogP contribution in [0, 0.1) is 0 Å². The molecule has 0 aliphatic heterocycles. The SMILES string of the molecule is C=C(C)CCNc1ccc2nccnc2c1. The maximum atomic E-state index is 4.26. The van der Waals surface area contributed by atoms with Crippen molar-refractivity contribution in [3.63, 3.8) is 0 Å². The number of hydrogen-bond donors (Lipinski definition) is 1. The highest BCUT2D eigenvalue weighted by molar-refractivity contribution is 5.78. The van der Waals surface area contributed by atoms with E-state index in [0.717, 1.165) is 29.7 Å². The van der Waals surface area contributed by atoms with E-state index in [0.29, 0.717) is 0 Å². The van der Waals surface area contributed by atoms with Crippen LogP contribution in [0.2, 0.25) is 0 Å². The third-order valence-electron chi connectivity index (χ3n) is 2.35. The third-order valence-corrected chi connectivity index (χ3v) is 2.35. The second-order valence-electron chi connectivity index (χ2n) is 3.89. The van der Waals surface area contributed by atoms with Crippen LogP contribution in [-0.4, -0.2) is 16.5 Å². The second-order valence-corrected chi connectivity index (χ2v) is 3.89. The quantitative estimate of drug-likeness (QED) is 0.793.